The molecule has 0 saturated heterocycles. The zero-order valence-electron chi connectivity index (χ0n) is 13.2. The molecule has 0 atom stereocenters. The Balaban J connectivity index is 1.89. The number of nitrogens with zero attached hydrogens (tertiary/aromatic N) is 3. The SMILES string of the molecule is CC(C)(C)OC(=O)NCCNc1ccc2ncc(C(=O)O)n2n1. The summed E-state index contributed by atoms with van der Waals surface area (Å²) in [5.41, 5.74) is -0.117. The summed E-state index contributed by atoms with van der Waals surface area (Å²) in [6.07, 6.45) is 0.754. The van der Waals surface area contributed by atoms with E-state index >= 15 is 0 Å². The van der Waals surface area contributed by atoms with Crippen molar-refractivity contribution in [3.05, 3.63) is 24.0 Å². The minimum absolute atomic E-state index is 0.0180. The fraction of sp³-hybridized carbons (Fsp3) is 0.429. The Morgan fingerprint density at radius 3 is 2.70 bits per heavy atom. The number of carbonyl (C=O) groups excluding carboxylic acids is 1. The Morgan fingerprint density at radius 1 is 1.30 bits per heavy atom. The molecule has 0 bridgehead atoms. The van der Waals surface area contributed by atoms with E-state index in [0.29, 0.717) is 24.6 Å². The molecule has 0 fully saturated rings. The van der Waals surface area contributed by atoms with E-state index in [0.717, 1.165) is 0 Å². The fourth-order valence-electron chi connectivity index (χ4n) is 1.78. The van der Waals surface area contributed by atoms with Crippen LogP contribution >= 0.6 is 0 Å². The van der Waals surface area contributed by atoms with Gasteiger partial charge in [0.15, 0.2) is 11.3 Å². The highest BCUT2D eigenvalue weighted by Crippen LogP contribution is 2.09. The first kappa shape index (κ1) is 16.5. The van der Waals surface area contributed by atoms with E-state index in [1.165, 1.54) is 10.7 Å². The number of ether oxygens (including phenoxy) is 1. The lowest BCUT2D eigenvalue weighted by molar-refractivity contribution is 0.0529. The second kappa shape index (κ2) is 6.51. The van der Waals surface area contributed by atoms with Gasteiger partial charge in [0.25, 0.3) is 0 Å². The van der Waals surface area contributed by atoms with Crippen molar-refractivity contribution in [1.29, 1.82) is 0 Å². The number of aromatic carboxylic acids is 1. The Kier molecular flexibility index (Phi) is 4.68. The molecule has 2 aromatic heterocycles. The first-order valence-electron chi connectivity index (χ1n) is 7.05. The predicted molar refractivity (Wildman–Crippen MR) is 82.7 cm³/mol. The number of rotatable bonds is 5. The Bertz CT molecular complexity index is 720. The Hall–Kier alpha value is -2.84. The maximum absolute atomic E-state index is 11.5. The van der Waals surface area contributed by atoms with Crippen molar-refractivity contribution in [1.82, 2.24) is 19.9 Å². The number of nitrogens with one attached hydrogen (secondary N) is 2. The van der Waals surface area contributed by atoms with Crippen molar-refractivity contribution in [3.8, 4) is 0 Å². The third kappa shape index (κ3) is 4.56. The van der Waals surface area contributed by atoms with Gasteiger partial charge in [0.05, 0.1) is 6.20 Å². The molecule has 0 aliphatic heterocycles. The highest BCUT2D eigenvalue weighted by Gasteiger charge is 2.15. The molecule has 3 N–H and O–H groups in total. The van der Waals surface area contributed by atoms with Gasteiger partial charge in [0.2, 0.25) is 0 Å². The summed E-state index contributed by atoms with van der Waals surface area (Å²) in [7, 11) is 0. The number of hydrogen-bond acceptors (Lipinski definition) is 6. The smallest absolute Gasteiger partial charge is 0.407 e. The lowest BCUT2D eigenvalue weighted by Crippen LogP contribution is -2.35. The summed E-state index contributed by atoms with van der Waals surface area (Å²) < 4.78 is 6.35. The first-order valence-corrected chi connectivity index (χ1v) is 7.05. The number of alkyl carbamates (subject to hydrolysis) is 1. The fourth-order valence-corrected chi connectivity index (χ4v) is 1.78. The highest BCUT2D eigenvalue weighted by atomic mass is 16.6. The van der Waals surface area contributed by atoms with Crippen molar-refractivity contribution in [2.75, 3.05) is 18.4 Å². The summed E-state index contributed by atoms with van der Waals surface area (Å²) in [5, 5.41) is 18.8. The number of hydrogen-bond donors (Lipinski definition) is 3. The Labute approximate surface area is 132 Å². The van der Waals surface area contributed by atoms with E-state index in [-0.39, 0.29) is 5.69 Å². The van der Waals surface area contributed by atoms with Gasteiger partial charge in [-0.1, -0.05) is 0 Å². The van der Waals surface area contributed by atoms with Crippen LogP contribution in [-0.4, -0.2) is 50.5 Å². The Morgan fingerprint density at radius 2 is 2.04 bits per heavy atom. The zero-order valence-corrected chi connectivity index (χ0v) is 13.2. The van der Waals surface area contributed by atoms with Crippen LogP contribution in [0.25, 0.3) is 5.65 Å². The maximum Gasteiger partial charge on any atom is 0.407 e. The molecule has 0 saturated carbocycles. The molecule has 0 aliphatic carbocycles. The molecule has 2 aromatic rings. The number of fused-ring (bicyclic) bond motifs is 1. The molecule has 9 heteroatoms. The number of imidazole rings is 1. The zero-order chi connectivity index (χ0) is 17.0. The molecule has 2 heterocycles. The highest BCUT2D eigenvalue weighted by molar-refractivity contribution is 5.86. The van der Waals surface area contributed by atoms with E-state index in [4.69, 9.17) is 9.84 Å². The van der Waals surface area contributed by atoms with Gasteiger partial charge in [0.1, 0.15) is 11.4 Å². The van der Waals surface area contributed by atoms with Crippen LogP contribution in [-0.2, 0) is 4.74 Å². The standard InChI is InChI=1S/C14H19N5O4/c1-14(2,3)23-13(22)16-7-6-15-10-4-5-11-17-8-9(12(20)21)19(11)18-10/h4-5,8H,6-7H2,1-3H3,(H,15,18)(H,16,22)(H,20,21). The van der Waals surface area contributed by atoms with Crippen LogP contribution in [0.4, 0.5) is 10.6 Å². The largest absolute Gasteiger partial charge is 0.476 e. The number of aromatic nitrogens is 3. The lowest BCUT2D eigenvalue weighted by atomic mass is 10.2. The van der Waals surface area contributed by atoms with Crippen molar-refractivity contribution in [2.24, 2.45) is 0 Å². The molecule has 0 aromatic carbocycles. The maximum atomic E-state index is 11.5. The first-order chi connectivity index (χ1) is 10.8. The van der Waals surface area contributed by atoms with Crippen LogP contribution in [0.2, 0.25) is 0 Å². The van der Waals surface area contributed by atoms with E-state index < -0.39 is 17.7 Å². The normalized spacial score (nSPS) is 11.3. The van der Waals surface area contributed by atoms with Crippen LogP contribution in [0.1, 0.15) is 31.3 Å². The van der Waals surface area contributed by atoms with Gasteiger partial charge in [-0.2, -0.15) is 0 Å². The average Bonchev–Trinajstić information content (AvgIpc) is 2.85. The minimum Gasteiger partial charge on any atom is -0.476 e. The predicted octanol–water partition coefficient (Wildman–Crippen LogP) is 1.36. The third-order valence-corrected chi connectivity index (χ3v) is 2.68. The number of carbonyl (C=O) groups is 2. The number of carboxylic acid groups (broad SMARTS) is 1. The molecule has 2 rings (SSSR count). The molecule has 0 aliphatic rings. The van der Waals surface area contributed by atoms with Crippen molar-refractivity contribution in [3.63, 3.8) is 0 Å². The summed E-state index contributed by atoms with van der Waals surface area (Å²) in [4.78, 5) is 26.5. The summed E-state index contributed by atoms with van der Waals surface area (Å²) in [6.45, 7) is 6.11. The van der Waals surface area contributed by atoms with E-state index in [1.807, 2.05) is 0 Å². The minimum atomic E-state index is -1.10. The average molecular weight is 321 g/mol. The van der Waals surface area contributed by atoms with Gasteiger partial charge in [-0.15, -0.1) is 5.10 Å². The van der Waals surface area contributed by atoms with Crippen LogP contribution in [0.3, 0.4) is 0 Å². The molecule has 1 amide bonds. The molecule has 0 unspecified atom stereocenters. The molecular formula is C14H19N5O4. The van der Waals surface area contributed by atoms with Gasteiger partial charge >= 0.3 is 12.1 Å². The second-order valence-corrected chi connectivity index (χ2v) is 5.79. The quantitative estimate of drug-likeness (QED) is 0.712. The monoisotopic (exact) mass is 321 g/mol. The molecule has 0 spiro atoms. The third-order valence-electron chi connectivity index (χ3n) is 2.68. The van der Waals surface area contributed by atoms with E-state index in [9.17, 15) is 9.59 Å². The molecule has 0 radical (unpaired) electrons. The number of anilines is 1. The number of carboxylic acids is 1. The molecule has 124 valence electrons. The van der Waals surface area contributed by atoms with Crippen LogP contribution in [0, 0.1) is 0 Å². The van der Waals surface area contributed by atoms with E-state index in [2.05, 4.69) is 20.7 Å². The van der Waals surface area contributed by atoms with Gasteiger partial charge in [-0.3, -0.25) is 0 Å². The van der Waals surface area contributed by atoms with Crippen molar-refractivity contribution in [2.45, 2.75) is 26.4 Å². The second-order valence-electron chi connectivity index (χ2n) is 5.79. The molecule has 9 nitrogen and oxygen atoms in total. The molecule has 23 heavy (non-hydrogen) atoms. The van der Waals surface area contributed by atoms with Gasteiger partial charge in [-0.25, -0.2) is 19.1 Å². The van der Waals surface area contributed by atoms with Crippen molar-refractivity contribution >= 4 is 23.5 Å². The van der Waals surface area contributed by atoms with Gasteiger partial charge < -0.3 is 20.5 Å². The van der Waals surface area contributed by atoms with Gasteiger partial charge in [-0.05, 0) is 32.9 Å². The van der Waals surface area contributed by atoms with Crippen LogP contribution < -0.4 is 10.6 Å². The van der Waals surface area contributed by atoms with Crippen LogP contribution in [0.15, 0.2) is 18.3 Å². The summed E-state index contributed by atoms with van der Waals surface area (Å²) in [6, 6.07) is 3.34. The van der Waals surface area contributed by atoms with Crippen LogP contribution in [0.5, 0.6) is 0 Å². The lowest BCUT2D eigenvalue weighted by Gasteiger charge is -2.19. The topological polar surface area (TPSA) is 118 Å². The summed E-state index contributed by atoms with van der Waals surface area (Å²) >= 11 is 0. The molecular weight excluding hydrogens is 302 g/mol. The van der Waals surface area contributed by atoms with E-state index in [1.54, 1.807) is 32.9 Å². The number of amides is 1. The summed E-state index contributed by atoms with van der Waals surface area (Å²) in [5.74, 6) is -0.627. The van der Waals surface area contributed by atoms with Crippen molar-refractivity contribution < 1.29 is 19.4 Å². The van der Waals surface area contributed by atoms with Gasteiger partial charge in [0, 0.05) is 13.1 Å².